The van der Waals surface area contributed by atoms with Gasteiger partial charge in [-0.1, -0.05) is 12.1 Å². The lowest BCUT2D eigenvalue weighted by Gasteiger charge is -2.33. The predicted octanol–water partition coefficient (Wildman–Crippen LogP) is 2.98. The standard InChI is InChI=1S/C14H17F3N2O.ClH/c15-14(16,17)12-2-1-7-19(9-12)13(20)11-5-3-10(8-18)4-6-11;/h3-6,12H,1-2,7-9,18H2;1H. The van der Waals surface area contributed by atoms with Crippen molar-refractivity contribution >= 4 is 18.3 Å². The topological polar surface area (TPSA) is 46.3 Å². The molecule has 2 rings (SSSR count). The van der Waals surface area contributed by atoms with Gasteiger partial charge in [0.1, 0.15) is 0 Å². The first-order chi connectivity index (χ1) is 9.41. The van der Waals surface area contributed by atoms with E-state index in [4.69, 9.17) is 5.73 Å². The van der Waals surface area contributed by atoms with E-state index in [2.05, 4.69) is 0 Å². The molecule has 118 valence electrons. The van der Waals surface area contributed by atoms with Crippen molar-refractivity contribution in [3.05, 3.63) is 35.4 Å². The normalized spacial score (nSPS) is 19.0. The number of nitrogens with zero attached hydrogens (tertiary/aromatic N) is 1. The molecule has 1 fully saturated rings. The van der Waals surface area contributed by atoms with E-state index in [9.17, 15) is 18.0 Å². The molecule has 0 aromatic heterocycles. The van der Waals surface area contributed by atoms with Gasteiger partial charge in [-0.25, -0.2) is 0 Å². The number of nitrogens with two attached hydrogens (primary N) is 1. The molecule has 1 amide bonds. The van der Waals surface area contributed by atoms with Gasteiger partial charge in [0.2, 0.25) is 0 Å². The van der Waals surface area contributed by atoms with Crippen LogP contribution in [0.3, 0.4) is 0 Å². The zero-order chi connectivity index (χ0) is 14.8. The van der Waals surface area contributed by atoms with E-state index >= 15 is 0 Å². The molecule has 0 aliphatic carbocycles. The molecular formula is C14H18ClF3N2O. The third-order valence-electron chi connectivity index (χ3n) is 3.61. The van der Waals surface area contributed by atoms with Crippen LogP contribution in [-0.2, 0) is 6.54 Å². The van der Waals surface area contributed by atoms with Gasteiger partial charge in [0, 0.05) is 25.2 Å². The Morgan fingerprint density at radius 1 is 1.29 bits per heavy atom. The Labute approximate surface area is 127 Å². The maximum Gasteiger partial charge on any atom is 0.393 e. The van der Waals surface area contributed by atoms with Gasteiger partial charge in [-0.15, -0.1) is 12.4 Å². The molecule has 0 radical (unpaired) electrons. The lowest BCUT2D eigenvalue weighted by molar-refractivity contribution is -0.184. The van der Waals surface area contributed by atoms with Gasteiger partial charge in [-0.05, 0) is 30.5 Å². The summed E-state index contributed by atoms with van der Waals surface area (Å²) < 4.78 is 38.2. The highest BCUT2D eigenvalue weighted by Gasteiger charge is 2.42. The molecule has 1 aliphatic rings. The maximum absolute atomic E-state index is 12.7. The number of hydrogen-bond acceptors (Lipinski definition) is 2. The first kappa shape index (κ1) is 17.8. The number of carbonyl (C=O) groups is 1. The fourth-order valence-electron chi connectivity index (χ4n) is 2.39. The highest BCUT2D eigenvalue weighted by Crippen LogP contribution is 2.33. The molecule has 1 saturated heterocycles. The Morgan fingerprint density at radius 3 is 2.43 bits per heavy atom. The molecule has 7 heteroatoms. The average Bonchev–Trinajstić information content (AvgIpc) is 2.46. The summed E-state index contributed by atoms with van der Waals surface area (Å²) >= 11 is 0. The van der Waals surface area contributed by atoms with Crippen LogP contribution in [0.4, 0.5) is 13.2 Å². The number of amides is 1. The van der Waals surface area contributed by atoms with Crippen molar-refractivity contribution in [1.82, 2.24) is 4.90 Å². The minimum atomic E-state index is -4.23. The maximum atomic E-state index is 12.7. The summed E-state index contributed by atoms with van der Waals surface area (Å²) in [4.78, 5) is 13.5. The van der Waals surface area contributed by atoms with Gasteiger partial charge in [0.25, 0.3) is 5.91 Å². The molecule has 0 saturated carbocycles. The van der Waals surface area contributed by atoms with Crippen LogP contribution in [0.2, 0.25) is 0 Å². The average molecular weight is 323 g/mol. The van der Waals surface area contributed by atoms with Crippen LogP contribution in [0.1, 0.15) is 28.8 Å². The largest absolute Gasteiger partial charge is 0.393 e. The molecule has 0 spiro atoms. The van der Waals surface area contributed by atoms with Gasteiger partial charge in [-0.2, -0.15) is 13.2 Å². The zero-order valence-corrected chi connectivity index (χ0v) is 12.2. The number of piperidine rings is 1. The minimum Gasteiger partial charge on any atom is -0.338 e. The molecule has 1 aliphatic heterocycles. The second-order valence-corrected chi connectivity index (χ2v) is 5.03. The fourth-order valence-corrected chi connectivity index (χ4v) is 2.39. The van der Waals surface area contributed by atoms with Crippen LogP contribution in [0.5, 0.6) is 0 Å². The molecule has 2 N–H and O–H groups in total. The quantitative estimate of drug-likeness (QED) is 0.910. The molecule has 1 unspecified atom stereocenters. The number of alkyl halides is 3. The predicted molar refractivity (Wildman–Crippen MR) is 76.3 cm³/mol. The lowest BCUT2D eigenvalue weighted by Crippen LogP contribution is -2.44. The molecule has 1 aromatic carbocycles. The fraction of sp³-hybridized carbons (Fsp3) is 0.500. The van der Waals surface area contributed by atoms with Crippen LogP contribution >= 0.6 is 12.4 Å². The third-order valence-corrected chi connectivity index (χ3v) is 3.61. The number of rotatable bonds is 2. The highest BCUT2D eigenvalue weighted by molar-refractivity contribution is 5.94. The second kappa shape index (κ2) is 7.13. The molecule has 21 heavy (non-hydrogen) atoms. The van der Waals surface area contributed by atoms with Crippen LogP contribution in [0.25, 0.3) is 0 Å². The van der Waals surface area contributed by atoms with E-state index in [1.165, 1.54) is 4.90 Å². The van der Waals surface area contributed by atoms with Gasteiger partial charge in [0.15, 0.2) is 0 Å². The van der Waals surface area contributed by atoms with Gasteiger partial charge in [-0.3, -0.25) is 4.79 Å². The van der Waals surface area contributed by atoms with E-state index in [-0.39, 0.29) is 31.3 Å². The summed E-state index contributed by atoms with van der Waals surface area (Å²) in [6.45, 7) is 0.499. The van der Waals surface area contributed by atoms with Crippen molar-refractivity contribution in [2.45, 2.75) is 25.6 Å². The van der Waals surface area contributed by atoms with Crippen molar-refractivity contribution in [3.63, 3.8) is 0 Å². The van der Waals surface area contributed by atoms with Crippen molar-refractivity contribution in [3.8, 4) is 0 Å². The van der Waals surface area contributed by atoms with E-state index in [1.54, 1.807) is 24.3 Å². The van der Waals surface area contributed by atoms with Gasteiger partial charge < -0.3 is 10.6 Å². The summed E-state index contributed by atoms with van der Waals surface area (Å²) in [6, 6.07) is 6.67. The monoisotopic (exact) mass is 322 g/mol. The minimum absolute atomic E-state index is 0. The van der Waals surface area contributed by atoms with Crippen molar-refractivity contribution in [2.75, 3.05) is 13.1 Å². The molecule has 1 aromatic rings. The number of hydrogen-bond donors (Lipinski definition) is 1. The Kier molecular flexibility index (Phi) is 6.04. The summed E-state index contributed by atoms with van der Waals surface area (Å²) in [5.74, 6) is -1.76. The molecular weight excluding hydrogens is 305 g/mol. The van der Waals surface area contributed by atoms with E-state index in [1.807, 2.05) is 0 Å². The van der Waals surface area contributed by atoms with Crippen LogP contribution < -0.4 is 5.73 Å². The molecule has 0 bridgehead atoms. The van der Waals surface area contributed by atoms with Crippen molar-refractivity contribution < 1.29 is 18.0 Å². The van der Waals surface area contributed by atoms with Gasteiger partial charge >= 0.3 is 6.18 Å². The smallest absolute Gasteiger partial charge is 0.338 e. The lowest BCUT2D eigenvalue weighted by atomic mass is 9.97. The van der Waals surface area contributed by atoms with Crippen LogP contribution in [-0.4, -0.2) is 30.1 Å². The van der Waals surface area contributed by atoms with Gasteiger partial charge in [0.05, 0.1) is 5.92 Å². The Hall–Kier alpha value is -1.27. The number of benzene rings is 1. The Morgan fingerprint density at radius 2 is 1.90 bits per heavy atom. The summed E-state index contributed by atoms with van der Waals surface area (Å²) in [5, 5.41) is 0. The Balaban J connectivity index is 0.00000220. The second-order valence-electron chi connectivity index (χ2n) is 5.03. The zero-order valence-electron chi connectivity index (χ0n) is 11.4. The van der Waals surface area contributed by atoms with Crippen molar-refractivity contribution in [1.29, 1.82) is 0 Å². The SMILES string of the molecule is Cl.NCc1ccc(C(=O)N2CCCC(C(F)(F)F)C2)cc1. The van der Waals surface area contributed by atoms with Crippen molar-refractivity contribution in [2.24, 2.45) is 11.7 Å². The first-order valence-corrected chi connectivity index (χ1v) is 6.57. The number of carbonyl (C=O) groups excluding carboxylic acids is 1. The van der Waals surface area contributed by atoms with E-state index < -0.39 is 12.1 Å². The Bertz CT molecular complexity index is 476. The molecule has 1 heterocycles. The highest BCUT2D eigenvalue weighted by atomic mass is 35.5. The van der Waals surface area contributed by atoms with E-state index in [0.717, 1.165) is 5.56 Å². The van der Waals surface area contributed by atoms with Crippen LogP contribution in [0.15, 0.2) is 24.3 Å². The van der Waals surface area contributed by atoms with E-state index in [0.29, 0.717) is 25.1 Å². The summed E-state index contributed by atoms with van der Waals surface area (Å²) in [5.41, 5.74) is 6.75. The summed E-state index contributed by atoms with van der Waals surface area (Å²) in [7, 11) is 0. The number of likely N-dealkylation sites (tertiary alicyclic amines) is 1. The number of halogens is 4. The molecule has 3 nitrogen and oxygen atoms in total. The summed E-state index contributed by atoms with van der Waals surface area (Å²) in [6.07, 6.45) is -3.75. The first-order valence-electron chi connectivity index (χ1n) is 6.57. The third kappa shape index (κ3) is 4.35. The molecule has 1 atom stereocenters. The van der Waals surface area contributed by atoms with Crippen LogP contribution in [0, 0.1) is 5.92 Å².